The standard InChI is InChI=1S/2C8H11P.CH3.HI.Pt/c2*1-9(2)8-6-4-3-5-7-8;;;/h2*3-7H,1-2H3;1H3;1H;/q;;-1;;+2/p+1. The number of hydrogen-bond acceptors (Lipinski definition) is 0. The van der Waals surface area contributed by atoms with Crippen LogP contribution in [0.2, 0.25) is 0 Å². The molecule has 0 saturated heterocycles. The first-order valence-corrected chi connectivity index (χ1v) is 17.9. The van der Waals surface area contributed by atoms with Crippen LogP contribution in [0.1, 0.15) is 0 Å². The molecule has 0 aromatic heterocycles. The van der Waals surface area contributed by atoms with E-state index in [9.17, 15) is 0 Å². The van der Waals surface area contributed by atoms with Gasteiger partial charge in [0.05, 0.1) is 37.3 Å². The second kappa shape index (κ2) is 15.6. The third-order valence-electron chi connectivity index (χ3n) is 2.70. The molecule has 0 aliphatic carbocycles. The van der Waals surface area contributed by atoms with Crippen LogP contribution in [0.3, 0.4) is 0 Å². The minimum atomic E-state index is -0.212. The van der Waals surface area contributed by atoms with Crippen molar-refractivity contribution >= 4 is 45.8 Å². The Bertz CT molecular complexity index is 390. The molecule has 0 aliphatic rings. The van der Waals surface area contributed by atoms with E-state index < -0.39 is 0 Å². The zero-order valence-corrected chi connectivity index (χ0v) is 19.9. The van der Waals surface area contributed by atoms with Crippen molar-refractivity contribution in [1.82, 2.24) is 0 Å². The van der Waals surface area contributed by atoms with E-state index in [-0.39, 0.29) is 23.3 Å². The molecule has 0 aliphatic heterocycles. The van der Waals surface area contributed by atoms with Crippen molar-refractivity contribution in [1.29, 1.82) is 0 Å². The third kappa shape index (κ3) is 11.9. The molecule has 2 rings (SSSR count). The summed E-state index contributed by atoms with van der Waals surface area (Å²) in [6, 6.07) is 21.4. The number of rotatable bonds is 2. The van der Waals surface area contributed by atoms with Crippen LogP contribution in [0.4, 0.5) is 0 Å². The molecule has 0 amide bonds. The Kier molecular flexibility index (Phi) is 17.8. The second-order valence-corrected chi connectivity index (χ2v) is 9.89. The van der Waals surface area contributed by atoms with E-state index in [4.69, 9.17) is 0 Å². The van der Waals surface area contributed by atoms with Gasteiger partial charge in [-0.1, -0.05) is 36.4 Å². The molecule has 0 nitrogen and oxygen atoms in total. The molecule has 0 spiro atoms. The Morgan fingerprint density at radius 2 is 0.857 bits per heavy atom. The van der Waals surface area contributed by atoms with Crippen LogP contribution in [-0.2, 0) is 16.1 Å². The summed E-state index contributed by atoms with van der Waals surface area (Å²) in [5.41, 5.74) is 0. The van der Waals surface area contributed by atoms with E-state index >= 15 is 0 Å². The van der Waals surface area contributed by atoms with Gasteiger partial charge in [0.1, 0.15) is 0 Å². The number of benzene rings is 2. The summed E-state index contributed by atoms with van der Waals surface area (Å²) in [5.74, 6) is 0. The van der Waals surface area contributed by atoms with E-state index in [1.807, 2.05) is 0 Å². The van der Waals surface area contributed by atoms with Gasteiger partial charge in [0.15, 0.2) is 0 Å². The quantitative estimate of drug-likeness (QED) is 0.256. The van der Waals surface area contributed by atoms with E-state index in [0.717, 1.165) is 0 Å². The van der Waals surface area contributed by atoms with Crippen LogP contribution >= 0.6 is 35.2 Å². The van der Waals surface area contributed by atoms with Gasteiger partial charge < -0.3 is 7.43 Å². The third-order valence-corrected chi connectivity index (χ3v) is 5.68. The molecular formula is C17H27IP2Pt+2. The van der Waals surface area contributed by atoms with Crippen LogP contribution in [-0.4, -0.2) is 26.7 Å². The Hall–Kier alpha value is 0.718. The van der Waals surface area contributed by atoms with Crippen molar-refractivity contribution in [3.8, 4) is 0 Å². The van der Waals surface area contributed by atoms with E-state index in [0.29, 0.717) is 0 Å². The molecule has 0 bridgehead atoms. The van der Waals surface area contributed by atoms with E-state index in [1.54, 1.807) is 0 Å². The first kappa shape index (κ1) is 24.0. The Morgan fingerprint density at radius 3 is 1.00 bits per heavy atom. The van der Waals surface area contributed by atoms with Gasteiger partial charge in [0, 0.05) is 15.8 Å². The van der Waals surface area contributed by atoms with Gasteiger partial charge in [0.2, 0.25) is 0 Å². The van der Waals surface area contributed by atoms with Crippen molar-refractivity contribution in [2.75, 3.05) is 26.7 Å². The second-order valence-electron chi connectivity index (χ2n) is 4.73. The normalized spacial score (nSPS) is 9.00. The van der Waals surface area contributed by atoms with Gasteiger partial charge in [-0.3, -0.25) is 0 Å². The van der Waals surface area contributed by atoms with Crippen molar-refractivity contribution < 1.29 is 16.1 Å². The molecule has 120 valence electrons. The van der Waals surface area contributed by atoms with E-state index in [1.165, 1.54) is 10.6 Å². The summed E-state index contributed by atoms with van der Waals surface area (Å²) in [7, 11) is -0.424. The van der Waals surface area contributed by atoms with Crippen LogP contribution in [0.25, 0.3) is 0 Å². The molecule has 21 heavy (non-hydrogen) atoms. The van der Waals surface area contributed by atoms with Crippen LogP contribution in [0.15, 0.2) is 60.7 Å². The summed E-state index contributed by atoms with van der Waals surface area (Å²) in [4.78, 5) is 0. The maximum atomic E-state index is 2.31. The number of hydrogen-bond donors (Lipinski definition) is 0. The molecule has 0 fully saturated rings. The van der Waals surface area contributed by atoms with Gasteiger partial charge in [-0.05, 0) is 24.3 Å². The monoisotopic (exact) mass is 615 g/mol. The molecule has 0 saturated carbocycles. The molecular weight excluding hydrogens is 588 g/mol. The fourth-order valence-corrected chi connectivity index (χ4v) is 3.26. The van der Waals surface area contributed by atoms with E-state index in [2.05, 4.69) is 123 Å². The van der Waals surface area contributed by atoms with Crippen LogP contribution < -0.4 is 10.6 Å². The number of halogens is 1. The van der Waals surface area contributed by atoms with Crippen molar-refractivity contribution in [2.45, 2.75) is 0 Å². The molecule has 2 aromatic carbocycles. The zero-order chi connectivity index (χ0) is 15.4. The first-order valence-electron chi connectivity index (χ1n) is 6.44. The zero-order valence-electron chi connectivity index (χ0n) is 13.5. The predicted octanol–water partition coefficient (Wildman–Crippen LogP) is 4.90. The molecule has 0 heterocycles. The van der Waals surface area contributed by atoms with Gasteiger partial charge in [0.25, 0.3) is 0 Å². The van der Waals surface area contributed by atoms with Gasteiger partial charge in [-0.2, -0.15) is 0 Å². The Balaban J connectivity index is 0. The minimum absolute atomic E-state index is 0. The summed E-state index contributed by atoms with van der Waals surface area (Å²) < 4.78 is 0. The van der Waals surface area contributed by atoms with Crippen LogP contribution in [0, 0.1) is 7.43 Å². The van der Waals surface area contributed by atoms with Gasteiger partial charge >= 0.3 is 35.5 Å². The summed E-state index contributed by atoms with van der Waals surface area (Å²) >= 11 is 4.23. The summed E-state index contributed by atoms with van der Waals surface area (Å²) in [6.45, 7) is 9.22. The molecule has 0 N–H and O–H groups in total. The molecule has 2 aromatic rings. The van der Waals surface area contributed by atoms with Crippen molar-refractivity contribution in [3.63, 3.8) is 0 Å². The van der Waals surface area contributed by atoms with Crippen LogP contribution in [0.5, 0.6) is 0 Å². The maximum absolute atomic E-state index is 2.31. The fraction of sp³-hybridized carbons (Fsp3) is 0.235. The Morgan fingerprint density at radius 1 is 0.619 bits per heavy atom. The molecule has 0 atom stereocenters. The molecule has 4 heteroatoms. The van der Waals surface area contributed by atoms with Crippen molar-refractivity contribution in [2.24, 2.45) is 0 Å². The average Bonchev–Trinajstić information content (AvgIpc) is 2.51. The average molecular weight is 615 g/mol. The SMILES string of the molecule is C[PH+](C)c1ccccc1.C[PH+](C)c1ccccc1.[CH3-].[I][Pt+]. The topological polar surface area (TPSA) is 0 Å². The summed E-state index contributed by atoms with van der Waals surface area (Å²) in [6.07, 6.45) is 0. The van der Waals surface area contributed by atoms with Crippen molar-refractivity contribution in [3.05, 3.63) is 68.1 Å². The predicted molar refractivity (Wildman–Crippen MR) is 113 cm³/mol. The Labute approximate surface area is 155 Å². The molecule has 0 unspecified atom stereocenters. The van der Waals surface area contributed by atoms with Gasteiger partial charge in [-0.15, -0.1) is 0 Å². The summed E-state index contributed by atoms with van der Waals surface area (Å²) in [5, 5.41) is 3.03. The van der Waals surface area contributed by atoms with Gasteiger partial charge in [-0.25, -0.2) is 0 Å². The first-order chi connectivity index (χ1) is 9.61. The molecule has 0 radical (unpaired) electrons. The fourth-order valence-electron chi connectivity index (χ4n) is 1.54.